The average molecular weight is 297 g/mol. The second-order valence-corrected chi connectivity index (χ2v) is 4.74. The Labute approximate surface area is 126 Å². The SMILES string of the molecule is COc1ccc(C)cc1NC(=O)Nc1nnc2ccccn12. The average Bonchev–Trinajstić information content (AvgIpc) is 2.91. The van der Waals surface area contributed by atoms with Crippen LogP contribution in [0.25, 0.3) is 5.65 Å². The Hall–Kier alpha value is -3.09. The van der Waals surface area contributed by atoms with Crippen molar-refractivity contribution in [3.63, 3.8) is 0 Å². The number of fused-ring (bicyclic) bond motifs is 1. The molecule has 2 N–H and O–H groups in total. The largest absolute Gasteiger partial charge is 0.495 e. The second kappa shape index (κ2) is 5.72. The summed E-state index contributed by atoms with van der Waals surface area (Å²) in [4.78, 5) is 12.1. The highest BCUT2D eigenvalue weighted by Crippen LogP contribution is 2.25. The molecule has 7 heteroatoms. The van der Waals surface area contributed by atoms with Crippen LogP contribution in [-0.4, -0.2) is 27.7 Å². The van der Waals surface area contributed by atoms with Gasteiger partial charge in [-0.15, -0.1) is 10.2 Å². The monoisotopic (exact) mass is 297 g/mol. The molecule has 3 aromatic rings. The number of ether oxygens (including phenoxy) is 1. The standard InChI is InChI=1S/C15H15N5O2/c1-10-6-7-12(22-2)11(9-10)16-15(21)17-14-19-18-13-5-3-4-8-20(13)14/h3-9H,1-2H3,(H2,16,17,19,21). The number of benzene rings is 1. The fourth-order valence-electron chi connectivity index (χ4n) is 2.10. The maximum absolute atomic E-state index is 12.1. The van der Waals surface area contributed by atoms with Gasteiger partial charge in [0.25, 0.3) is 0 Å². The van der Waals surface area contributed by atoms with E-state index in [0.717, 1.165) is 5.56 Å². The van der Waals surface area contributed by atoms with E-state index in [4.69, 9.17) is 4.74 Å². The van der Waals surface area contributed by atoms with Gasteiger partial charge in [-0.1, -0.05) is 12.1 Å². The second-order valence-electron chi connectivity index (χ2n) is 4.74. The van der Waals surface area contributed by atoms with Crippen molar-refractivity contribution < 1.29 is 9.53 Å². The first kappa shape index (κ1) is 13.9. The Morgan fingerprint density at radius 3 is 2.86 bits per heavy atom. The lowest BCUT2D eigenvalue weighted by molar-refractivity contribution is 0.262. The third-order valence-corrected chi connectivity index (χ3v) is 3.14. The number of aromatic nitrogens is 3. The summed E-state index contributed by atoms with van der Waals surface area (Å²) in [6.45, 7) is 1.94. The third kappa shape index (κ3) is 2.69. The number of methoxy groups -OCH3 is 1. The number of amides is 2. The fourth-order valence-corrected chi connectivity index (χ4v) is 2.10. The van der Waals surface area contributed by atoms with E-state index in [0.29, 0.717) is 23.0 Å². The smallest absolute Gasteiger partial charge is 0.326 e. The maximum atomic E-state index is 12.1. The molecule has 22 heavy (non-hydrogen) atoms. The highest BCUT2D eigenvalue weighted by atomic mass is 16.5. The van der Waals surface area contributed by atoms with Crippen molar-refractivity contribution in [2.75, 3.05) is 17.7 Å². The number of hydrogen-bond donors (Lipinski definition) is 2. The van der Waals surface area contributed by atoms with Crippen molar-refractivity contribution >= 4 is 23.3 Å². The molecular formula is C15H15N5O2. The molecule has 112 valence electrons. The summed E-state index contributed by atoms with van der Waals surface area (Å²) in [6, 6.07) is 10.6. The van der Waals surface area contributed by atoms with Gasteiger partial charge in [-0.3, -0.25) is 9.72 Å². The summed E-state index contributed by atoms with van der Waals surface area (Å²) in [5.41, 5.74) is 2.27. The first-order valence-electron chi connectivity index (χ1n) is 6.70. The van der Waals surface area contributed by atoms with Gasteiger partial charge in [0.05, 0.1) is 12.8 Å². The summed E-state index contributed by atoms with van der Waals surface area (Å²) in [5, 5.41) is 13.3. The Bertz CT molecular complexity index is 828. The lowest BCUT2D eigenvalue weighted by Crippen LogP contribution is -2.21. The minimum absolute atomic E-state index is 0.347. The van der Waals surface area contributed by atoms with Crippen molar-refractivity contribution in [3.8, 4) is 5.75 Å². The molecule has 7 nitrogen and oxygen atoms in total. The Kier molecular flexibility index (Phi) is 3.61. The molecule has 0 atom stereocenters. The van der Waals surface area contributed by atoms with Crippen molar-refractivity contribution in [1.29, 1.82) is 0 Å². The van der Waals surface area contributed by atoms with E-state index in [9.17, 15) is 4.79 Å². The molecule has 0 unspecified atom stereocenters. The number of hydrogen-bond acceptors (Lipinski definition) is 4. The van der Waals surface area contributed by atoms with Crippen LogP contribution in [0.4, 0.5) is 16.4 Å². The highest BCUT2D eigenvalue weighted by molar-refractivity contribution is 5.99. The van der Waals surface area contributed by atoms with Crippen molar-refractivity contribution in [2.45, 2.75) is 6.92 Å². The van der Waals surface area contributed by atoms with Crippen molar-refractivity contribution in [3.05, 3.63) is 48.2 Å². The molecule has 0 radical (unpaired) electrons. The van der Waals surface area contributed by atoms with E-state index in [-0.39, 0.29) is 0 Å². The molecule has 3 rings (SSSR count). The molecule has 0 aliphatic rings. The van der Waals surface area contributed by atoms with Gasteiger partial charge in [0.2, 0.25) is 5.95 Å². The normalized spacial score (nSPS) is 10.5. The molecule has 0 saturated heterocycles. The Morgan fingerprint density at radius 2 is 2.05 bits per heavy atom. The number of nitrogens with one attached hydrogen (secondary N) is 2. The van der Waals surface area contributed by atoms with Crippen LogP contribution in [0, 0.1) is 6.92 Å². The minimum Gasteiger partial charge on any atom is -0.495 e. The lowest BCUT2D eigenvalue weighted by Gasteiger charge is -2.11. The quantitative estimate of drug-likeness (QED) is 0.779. The number of rotatable bonds is 3. The number of nitrogens with zero attached hydrogens (tertiary/aromatic N) is 3. The fraction of sp³-hybridized carbons (Fsp3) is 0.133. The van der Waals surface area contributed by atoms with Gasteiger partial charge in [-0.25, -0.2) is 4.79 Å². The summed E-state index contributed by atoms with van der Waals surface area (Å²) in [6.07, 6.45) is 1.78. The van der Waals surface area contributed by atoms with E-state index >= 15 is 0 Å². The summed E-state index contributed by atoms with van der Waals surface area (Å²) in [7, 11) is 1.56. The van der Waals surface area contributed by atoms with Crippen molar-refractivity contribution in [1.82, 2.24) is 14.6 Å². The molecule has 1 aromatic carbocycles. The predicted molar refractivity (Wildman–Crippen MR) is 83.4 cm³/mol. The zero-order chi connectivity index (χ0) is 15.5. The number of anilines is 2. The van der Waals surface area contributed by atoms with Gasteiger partial charge in [0.1, 0.15) is 5.75 Å². The van der Waals surface area contributed by atoms with Crippen LogP contribution >= 0.6 is 0 Å². The van der Waals surface area contributed by atoms with Crippen LogP contribution in [0.2, 0.25) is 0 Å². The number of aryl methyl sites for hydroxylation is 1. The molecule has 0 fully saturated rings. The summed E-state index contributed by atoms with van der Waals surface area (Å²) in [5.74, 6) is 0.937. The van der Waals surface area contributed by atoms with Gasteiger partial charge in [-0.05, 0) is 36.8 Å². The van der Waals surface area contributed by atoms with Crippen LogP contribution in [-0.2, 0) is 0 Å². The first-order valence-corrected chi connectivity index (χ1v) is 6.70. The van der Waals surface area contributed by atoms with E-state index in [1.807, 2.05) is 31.2 Å². The van der Waals surface area contributed by atoms with Gasteiger partial charge < -0.3 is 10.1 Å². The molecule has 2 aromatic heterocycles. The number of urea groups is 1. The van der Waals surface area contributed by atoms with E-state index in [1.54, 1.807) is 29.8 Å². The molecule has 2 heterocycles. The topological polar surface area (TPSA) is 80.5 Å². The molecule has 0 bridgehead atoms. The Balaban J connectivity index is 1.79. The zero-order valence-electron chi connectivity index (χ0n) is 12.2. The molecule has 0 spiro atoms. The van der Waals surface area contributed by atoms with Gasteiger partial charge in [0.15, 0.2) is 5.65 Å². The summed E-state index contributed by atoms with van der Waals surface area (Å²) >= 11 is 0. The molecule has 0 saturated carbocycles. The number of pyridine rings is 1. The third-order valence-electron chi connectivity index (χ3n) is 3.14. The van der Waals surface area contributed by atoms with Crippen LogP contribution in [0.15, 0.2) is 42.6 Å². The van der Waals surface area contributed by atoms with Gasteiger partial charge in [0, 0.05) is 6.20 Å². The van der Waals surface area contributed by atoms with Crippen LogP contribution in [0.3, 0.4) is 0 Å². The Morgan fingerprint density at radius 1 is 1.18 bits per heavy atom. The zero-order valence-corrected chi connectivity index (χ0v) is 12.2. The molecular weight excluding hydrogens is 282 g/mol. The van der Waals surface area contributed by atoms with Crippen LogP contribution in [0.5, 0.6) is 5.75 Å². The van der Waals surface area contributed by atoms with E-state index in [2.05, 4.69) is 20.8 Å². The van der Waals surface area contributed by atoms with E-state index in [1.165, 1.54) is 0 Å². The minimum atomic E-state index is -0.415. The summed E-state index contributed by atoms with van der Waals surface area (Å²) < 4.78 is 6.92. The maximum Gasteiger partial charge on any atom is 0.326 e. The predicted octanol–water partition coefficient (Wildman–Crippen LogP) is 2.69. The van der Waals surface area contributed by atoms with Crippen LogP contribution < -0.4 is 15.4 Å². The molecule has 2 amide bonds. The highest BCUT2D eigenvalue weighted by Gasteiger charge is 2.11. The first-order chi connectivity index (χ1) is 10.7. The van der Waals surface area contributed by atoms with Crippen molar-refractivity contribution in [2.24, 2.45) is 0 Å². The molecule has 0 aliphatic heterocycles. The number of carbonyl (C=O) groups excluding carboxylic acids is 1. The molecule has 0 aliphatic carbocycles. The van der Waals surface area contributed by atoms with Crippen LogP contribution in [0.1, 0.15) is 5.56 Å². The van der Waals surface area contributed by atoms with Gasteiger partial charge in [-0.2, -0.15) is 0 Å². The lowest BCUT2D eigenvalue weighted by atomic mass is 10.2. The van der Waals surface area contributed by atoms with Gasteiger partial charge >= 0.3 is 6.03 Å². The number of carbonyl (C=O) groups is 1. The van der Waals surface area contributed by atoms with E-state index < -0.39 is 6.03 Å².